The van der Waals surface area contributed by atoms with E-state index in [0.717, 1.165) is 17.7 Å². The molecule has 2 nitrogen and oxygen atoms in total. The Bertz CT molecular complexity index is 619. The van der Waals surface area contributed by atoms with Gasteiger partial charge in [-0.3, -0.25) is 0 Å². The van der Waals surface area contributed by atoms with E-state index >= 15 is 0 Å². The summed E-state index contributed by atoms with van der Waals surface area (Å²) in [6.07, 6.45) is -2.71. The van der Waals surface area contributed by atoms with E-state index in [0.29, 0.717) is 22.5 Å². The number of nitrogens with two attached hydrogens (primary N) is 1. The molecule has 2 N–H and O–H groups in total. The lowest BCUT2D eigenvalue weighted by atomic mass is 9.98. The van der Waals surface area contributed by atoms with E-state index in [2.05, 4.69) is 4.98 Å². The zero-order valence-corrected chi connectivity index (χ0v) is 10.5. The Morgan fingerprint density at radius 1 is 1.05 bits per heavy atom. The number of hydrogen-bond acceptors (Lipinski definition) is 2. The fourth-order valence-electron chi connectivity index (χ4n) is 1.94. The maximum atomic E-state index is 12.6. The summed E-state index contributed by atoms with van der Waals surface area (Å²) in [5.74, 6) is 0.313. The monoisotopic (exact) mass is 266 g/mol. The normalized spacial score (nSPS) is 11.6. The van der Waals surface area contributed by atoms with Gasteiger partial charge in [0.15, 0.2) is 0 Å². The number of nitrogens with zero attached hydrogens (tertiary/aromatic N) is 1. The standard InChI is InChI=1S/C14H13F3N2/c1-8-5-12(13(18)19-7-8)11-4-3-10(6-9(11)2)14(15,16)17/h3-7H,1-2H3,(H2,18,19). The average molecular weight is 266 g/mol. The number of anilines is 1. The number of aryl methyl sites for hydroxylation is 2. The molecule has 0 radical (unpaired) electrons. The lowest BCUT2D eigenvalue weighted by Gasteiger charge is -2.12. The number of nitrogen functional groups attached to an aromatic ring is 1. The molecule has 0 saturated carbocycles. The van der Waals surface area contributed by atoms with Gasteiger partial charge in [0.05, 0.1) is 5.56 Å². The molecule has 1 aromatic carbocycles. The highest BCUT2D eigenvalue weighted by Gasteiger charge is 2.30. The van der Waals surface area contributed by atoms with Crippen molar-refractivity contribution in [3.8, 4) is 11.1 Å². The second-order valence-electron chi connectivity index (χ2n) is 4.47. The van der Waals surface area contributed by atoms with Crippen molar-refractivity contribution in [2.24, 2.45) is 0 Å². The van der Waals surface area contributed by atoms with Crippen LogP contribution in [0.1, 0.15) is 16.7 Å². The number of rotatable bonds is 1. The van der Waals surface area contributed by atoms with Crippen LogP contribution < -0.4 is 5.73 Å². The van der Waals surface area contributed by atoms with Gasteiger partial charge < -0.3 is 5.73 Å². The van der Waals surface area contributed by atoms with Gasteiger partial charge >= 0.3 is 6.18 Å². The first-order valence-electron chi connectivity index (χ1n) is 5.69. The van der Waals surface area contributed by atoms with Crippen molar-refractivity contribution in [1.29, 1.82) is 0 Å². The van der Waals surface area contributed by atoms with Crippen LogP contribution in [0.15, 0.2) is 30.5 Å². The van der Waals surface area contributed by atoms with Crippen LogP contribution in [0.2, 0.25) is 0 Å². The molecule has 0 saturated heterocycles. The third-order valence-corrected chi connectivity index (χ3v) is 2.90. The number of hydrogen-bond donors (Lipinski definition) is 1. The van der Waals surface area contributed by atoms with Gasteiger partial charge in [-0.25, -0.2) is 4.98 Å². The number of pyridine rings is 1. The summed E-state index contributed by atoms with van der Waals surface area (Å²) in [7, 11) is 0. The molecule has 19 heavy (non-hydrogen) atoms. The fraction of sp³-hybridized carbons (Fsp3) is 0.214. The Kier molecular flexibility index (Phi) is 3.22. The lowest BCUT2D eigenvalue weighted by molar-refractivity contribution is -0.137. The first-order valence-corrected chi connectivity index (χ1v) is 5.69. The molecule has 2 aromatic rings. The summed E-state index contributed by atoms with van der Waals surface area (Å²) in [6.45, 7) is 3.49. The molecule has 0 spiro atoms. The molecule has 0 fully saturated rings. The van der Waals surface area contributed by atoms with Crippen molar-refractivity contribution in [2.75, 3.05) is 5.73 Å². The molecule has 2 rings (SSSR count). The third kappa shape index (κ3) is 2.70. The van der Waals surface area contributed by atoms with Gasteiger partial charge in [0.25, 0.3) is 0 Å². The van der Waals surface area contributed by atoms with Crippen LogP contribution in [0.5, 0.6) is 0 Å². The maximum absolute atomic E-state index is 12.6. The SMILES string of the molecule is Cc1cnc(N)c(-c2ccc(C(F)(F)F)cc2C)c1. The first-order chi connectivity index (χ1) is 8.79. The van der Waals surface area contributed by atoms with E-state index in [4.69, 9.17) is 5.73 Å². The Balaban J connectivity index is 2.55. The summed E-state index contributed by atoms with van der Waals surface area (Å²) in [5.41, 5.74) is 7.88. The van der Waals surface area contributed by atoms with E-state index in [1.54, 1.807) is 13.1 Å². The summed E-state index contributed by atoms with van der Waals surface area (Å²) < 4.78 is 37.8. The van der Waals surface area contributed by atoms with E-state index < -0.39 is 11.7 Å². The van der Waals surface area contributed by atoms with Gasteiger partial charge in [-0.05, 0) is 48.7 Å². The zero-order valence-electron chi connectivity index (χ0n) is 10.5. The molecule has 0 aliphatic carbocycles. The second-order valence-corrected chi connectivity index (χ2v) is 4.47. The summed E-state index contributed by atoms with van der Waals surface area (Å²) in [6, 6.07) is 5.43. The van der Waals surface area contributed by atoms with Crippen molar-refractivity contribution in [2.45, 2.75) is 20.0 Å². The van der Waals surface area contributed by atoms with Crippen molar-refractivity contribution in [3.63, 3.8) is 0 Å². The summed E-state index contributed by atoms with van der Waals surface area (Å²) in [4.78, 5) is 4.02. The van der Waals surface area contributed by atoms with Gasteiger partial charge in [-0.1, -0.05) is 6.07 Å². The van der Waals surface area contributed by atoms with E-state index in [1.807, 2.05) is 13.0 Å². The molecule has 0 atom stereocenters. The minimum Gasteiger partial charge on any atom is -0.383 e. The molecular weight excluding hydrogens is 253 g/mol. The Hall–Kier alpha value is -2.04. The zero-order chi connectivity index (χ0) is 14.2. The van der Waals surface area contributed by atoms with Crippen LogP contribution in [-0.4, -0.2) is 4.98 Å². The molecular formula is C14H13F3N2. The number of alkyl halides is 3. The molecule has 1 heterocycles. The van der Waals surface area contributed by atoms with Crippen LogP contribution in [-0.2, 0) is 6.18 Å². The lowest BCUT2D eigenvalue weighted by Crippen LogP contribution is -2.05. The van der Waals surface area contributed by atoms with E-state index in [9.17, 15) is 13.2 Å². The largest absolute Gasteiger partial charge is 0.416 e. The van der Waals surface area contributed by atoms with Crippen molar-refractivity contribution >= 4 is 5.82 Å². The third-order valence-electron chi connectivity index (χ3n) is 2.90. The average Bonchev–Trinajstić information content (AvgIpc) is 2.31. The van der Waals surface area contributed by atoms with Gasteiger partial charge in [-0.2, -0.15) is 13.2 Å². The highest BCUT2D eigenvalue weighted by molar-refractivity contribution is 5.76. The molecule has 0 unspecified atom stereocenters. The van der Waals surface area contributed by atoms with Gasteiger partial charge in [0, 0.05) is 11.8 Å². The van der Waals surface area contributed by atoms with Crippen molar-refractivity contribution in [3.05, 3.63) is 47.2 Å². The first kappa shape index (κ1) is 13.4. The van der Waals surface area contributed by atoms with Gasteiger partial charge in [0.2, 0.25) is 0 Å². The molecule has 0 amide bonds. The van der Waals surface area contributed by atoms with Crippen molar-refractivity contribution in [1.82, 2.24) is 4.98 Å². The quantitative estimate of drug-likeness (QED) is 0.848. The van der Waals surface area contributed by atoms with Gasteiger partial charge in [-0.15, -0.1) is 0 Å². The van der Waals surface area contributed by atoms with Crippen LogP contribution in [0, 0.1) is 13.8 Å². The summed E-state index contributed by atoms with van der Waals surface area (Å²) in [5, 5.41) is 0. The van der Waals surface area contributed by atoms with Crippen LogP contribution >= 0.6 is 0 Å². The molecule has 100 valence electrons. The van der Waals surface area contributed by atoms with Crippen LogP contribution in [0.3, 0.4) is 0 Å². The van der Waals surface area contributed by atoms with E-state index in [1.165, 1.54) is 6.07 Å². The predicted molar refractivity (Wildman–Crippen MR) is 68.6 cm³/mol. The second kappa shape index (κ2) is 4.57. The number of halogens is 3. The van der Waals surface area contributed by atoms with Crippen molar-refractivity contribution < 1.29 is 13.2 Å². The summed E-state index contributed by atoms with van der Waals surface area (Å²) >= 11 is 0. The van der Waals surface area contributed by atoms with E-state index in [-0.39, 0.29) is 0 Å². The fourth-order valence-corrected chi connectivity index (χ4v) is 1.94. The van der Waals surface area contributed by atoms with Crippen LogP contribution in [0.4, 0.5) is 19.0 Å². The Labute approximate surface area is 109 Å². The number of benzene rings is 1. The molecule has 0 aliphatic rings. The highest BCUT2D eigenvalue weighted by atomic mass is 19.4. The van der Waals surface area contributed by atoms with Gasteiger partial charge in [0.1, 0.15) is 5.82 Å². The topological polar surface area (TPSA) is 38.9 Å². The smallest absolute Gasteiger partial charge is 0.383 e. The Morgan fingerprint density at radius 2 is 1.74 bits per heavy atom. The molecule has 0 bridgehead atoms. The molecule has 0 aliphatic heterocycles. The maximum Gasteiger partial charge on any atom is 0.416 e. The molecule has 1 aromatic heterocycles. The Morgan fingerprint density at radius 3 is 2.32 bits per heavy atom. The van der Waals surface area contributed by atoms with Crippen LogP contribution in [0.25, 0.3) is 11.1 Å². The predicted octanol–water partition coefficient (Wildman–Crippen LogP) is 3.97. The minimum atomic E-state index is -4.33. The molecule has 5 heteroatoms. The highest BCUT2D eigenvalue weighted by Crippen LogP contribution is 2.34. The minimum absolute atomic E-state index is 0.313. The number of aromatic nitrogens is 1.